The Morgan fingerprint density at radius 3 is 2.24 bits per heavy atom. The molecule has 0 amide bonds. The maximum atomic E-state index is 10.4. The minimum Gasteiger partial charge on any atom is -0.508 e. The predicted octanol–water partition coefficient (Wildman–Crippen LogP) is 5.34. The molecule has 0 fully saturated rings. The third kappa shape index (κ3) is 5.64. The standard InChI is InChI=1S/C25H31NO3/c1-3-13-26(14-4-2)15-16-29-22-9-5-19(6-10-22)17-24-23-11-8-21(27)18-20(23)7-12-25(24)28/h5-12,18,27-28H,3-4,13-17H2,1-2H3. The van der Waals surface area contributed by atoms with Gasteiger partial charge in [0.05, 0.1) is 0 Å². The van der Waals surface area contributed by atoms with Crippen LogP contribution in [0, 0.1) is 0 Å². The topological polar surface area (TPSA) is 52.9 Å². The monoisotopic (exact) mass is 393 g/mol. The molecule has 0 radical (unpaired) electrons. The van der Waals surface area contributed by atoms with E-state index < -0.39 is 0 Å². The number of rotatable bonds is 10. The van der Waals surface area contributed by atoms with Crippen LogP contribution in [0.3, 0.4) is 0 Å². The third-order valence-corrected chi connectivity index (χ3v) is 5.15. The highest BCUT2D eigenvalue weighted by atomic mass is 16.5. The maximum absolute atomic E-state index is 10.4. The number of nitrogens with zero attached hydrogens (tertiary/aromatic N) is 1. The first-order valence-corrected chi connectivity index (χ1v) is 10.5. The van der Waals surface area contributed by atoms with Crippen molar-refractivity contribution in [3.63, 3.8) is 0 Å². The molecule has 3 aromatic carbocycles. The van der Waals surface area contributed by atoms with Crippen LogP contribution in [0.2, 0.25) is 0 Å². The summed E-state index contributed by atoms with van der Waals surface area (Å²) in [7, 11) is 0. The minimum absolute atomic E-state index is 0.229. The molecule has 0 aliphatic carbocycles. The van der Waals surface area contributed by atoms with Gasteiger partial charge in [-0.2, -0.15) is 0 Å². The van der Waals surface area contributed by atoms with Crippen molar-refractivity contribution in [2.75, 3.05) is 26.2 Å². The van der Waals surface area contributed by atoms with E-state index >= 15 is 0 Å². The zero-order chi connectivity index (χ0) is 20.6. The van der Waals surface area contributed by atoms with Crippen LogP contribution in [0.4, 0.5) is 0 Å². The van der Waals surface area contributed by atoms with Gasteiger partial charge >= 0.3 is 0 Å². The van der Waals surface area contributed by atoms with Crippen molar-refractivity contribution in [1.82, 2.24) is 4.90 Å². The molecule has 2 N–H and O–H groups in total. The van der Waals surface area contributed by atoms with Crippen LogP contribution in [-0.4, -0.2) is 41.4 Å². The largest absolute Gasteiger partial charge is 0.508 e. The van der Waals surface area contributed by atoms with Gasteiger partial charge < -0.3 is 14.9 Å². The molecular formula is C25H31NO3. The lowest BCUT2D eigenvalue weighted by atomic mass is 9.97. The first-order valence-electron chi connectivity index (χ1n) is 10.5. The van der Waals surface area contributed by atoms with Crippen molar-refractivity contribution in [1.29, 1.82) is 0 Å². The van der Waals surface area contributed by atoms with Crippen LogP contribution >= 0.6 is 0 Å². The number of aromatic hydroxyl groups is 2. The van der Waals surface area contributed by atoms with Crippen molar-refractivity contribution in [2.24, 2.45) is 0 Å². The van der Waals surface area contributed by atoms with E-state index in [4.69, 9.17) is 4.74 Å². The van der Waals surface area contributed by atoms with Crippen LogP contribution in [0.1, 0.15) is 37.8 Å². The van der Waals surface area contributed by atoms with Gasteiger partial charge in [-0.05, 0) is 72.6 Å². The molecule has 0 saturated carbocycles. The van der Waals surface area contributed by atoms with E-state index in [9.17, 15) is 10.2 Å². The summed E-state index contributed by atoms with van der Waals surface area (Å²) in [5.74, 6) is 1.37. The van der Waals surface area contributed by atoms with Gasteiger partial charge in [-0.3, -0.25) is 4.90 Å². The lowest BCUT2D eigenvalue weighted by molar-refractivity contribution is 0.209. The zero-order valence-corrected chi connectivity index (χ0v) is 17.4. The fraction of sp³-hybridized carbons (Fsp3) is 0.360. The maximum Gasteiger partial charge on any atom is 0.119 e. The Hall–Kier alpha value is -2.72. The van der Waals surface area contributed by atoms with Crippen LogP contribution in [0.15, 0.2) is 54.6 Å². The molecular weight excluding hydrogens is 362 g/mol. The van der Waals surface area contributed by atoms with E-state index in [0.29, 0.717) is 13.0 Å². The molecule has 0 bridgehead atoms. The lowest BCUT2D eigenvalue weighted by Gasteiger charge is -2.20. The van der Waals surface area contributed by atoms with Crippen molar-refractivity contribution >= 4 is 10.8 Å². The average Bonchev–Trinajstić information content (AvgIpc) is 2.71. The van der Waals surface area contributed by atoms with E-state index in [1.54, 1.807) is 18.2 Å². The third-order valence-electron chi connectivity index (χ3n) is 5.15. The van der Waals surface area contributed by atoms with Crippen LogP contribution in [0.5, 0.6) is 17.2 Å². The van der Waals surface area contributed by atoms with Crippen molar-refractivity contribution in [2.45, 2.75) is 33.1 Å². The zero-order valence-electron chi connectivity index (χ0n) is 17.4. The Balaban J connectivity index is 1.64. The van der Waals surface area contributed by atoms with Gasteiger partial charge in [0.15, 0.2) is 0 Å². The summed E-state index contributed by atoms with van der Waals surface area (Å²) in [4.78, 5) is 2.44. The van der Waals surface area contributed by atoms with E-state index in [1.165, 1.54) is 0 Å². The smallest absolute Gasteiger partial charge is 0.119 e. The molecule has 0 unspecified atom stereocenters. The molecule has 29 heavy (non-hydrogen) atoms. The molecule has 4 heteroatoms. The summed E-state index contributed by atoms with van der Waals surface area (Å²) in [6.45, 7) is 8.27. The first kappa shape index (κ1) is 21.0. The molecule has 4 nitrogen and oxygen atoms in total. The van der Waals surface area contributed by atoms with Gasteiger partial charge in [-0.25, -0.2) is 0 Å². The van der Waals surface area contributed by atoms with Crippen molar-refractivity contribution in [3.05, 3.63) is 65.7 Å². The first-order chi connectivity index (χ1) is 14.1. The summed E-state index contributed by atoms with van der Waals surface area (Å²) in [5, 5.41) is 21.9. The van der Waals surface area contributed by atoms with E-state index in [-0.39, 0.29) is 11.5 Å². The number of hydrogen-bond donors (Lipinski definition) is 2. The molecule has 0 spiro atoms. The number of benzene rings is 3. The van der Waals surface area contributed by atoms with Gasteiger partial charge in [-0.1, -0.05) is 38.1 Å². The lowest BCUT2D eigenvalue weighted by Crippen LogP contribution is -2.30. The molecule has 3 rings (SSSR count). The van der Waals surface area contributed by atoms with Crippen LogP contribution in [-0.2, 0) is 6.42 Å². The summed E-state index contributed by atoms with van der Waals surface area (Å²) in [5.41, 5.74) is 1.97. The van der Waals surface area contributed by atoms with Gasteiger partial charge in [0.2, 0.25) is 0 Å². The summed E-state index contributed by atoms with van der Waals surface area (Å²) >= 11 is 0. The summed E-state index contributed by atoms with van der Waals surface area (Å²) in [6.07, 6.45) is 2.94. The van der Waals surface area contributed by atoms with Crippen LogP contribution < -0.4 is 4.74 Å². The normalized spacial score (nSPS) is 11.3. The Kier molecular flexibility index (Phi) is 7.36. The fourth-order valence-electron chi connectivity index (χ4n) is 3.72. The molecule has 0 aliphatic rings. The van der Waals surface area contributed by atoms with Gasteiger partial charge in [0, 0.05) is 18.5 Å². The highest BCUT2D eigenvalue weighted by Gasteiger charge is 2.09. The fourth-order valence-corrected chi connectivity index (χ4v) is 3.72. The highest BCUT2D eigenvalue weighted by Crippen LogP contribution is 2.31. The van der Waals surface area contributed by atoms with Crippen LogP contribution in [0.25, 0.3) is 10.8 Å². The average molecular weight is 394 g/mol. The second-order valence-corrected chi connectivity index (χ2v) is 7.48. The Bertz CT molecular complexity index is 915. The predicted molar refractivity (Wildman–Crippen MR) is 119 cm³/mol. The van der Waals surface area contributed by atoms with E-state index in [2.05, 4.69) is 18.7 Å². The molecule has 0 saturated heterocycles. The Morgan fingerprint density at radius 1 is 0.828 bits per heavy atom. The number of phenols is 2. The number of phenolic OH excluding ortho intramolecular Hbond substituents is 2. The SMILES string of the molecule is CCCN(CCC)CCOc1ccc(Cc2c(O)ccc3cc(O)ccc23)cc1. The van der Waals surface area contributed by atoms with Crippen molar-refractivity contribution in [3.8, 4) is 17.2 Å². The van der Waals surface area contributed by atoms with Gasteiger partial charge in [0.25, 0.3) is 0 Å². The molecule has 0 heterocycles. The molecule has 154 valence electrons. The quantitative estimate of drug-likeness (QED) is 0.488. The molecule has 0 atom stereocenters. The highest BCUT2D eigenvalue weighted by molar-refractivity contribution is 5.89. The Labute approximate surface area is 173 Å². The van der Waals surface area contributed by atoms with Crippen molar-refractivity contribution < 1.29 is 14.9 Å². The number of fused-ring (bicyclic) bond motifs is 1. The van der Waals surface area contributed by atoms with Gasteiger partial charge in [-0.15, -0.1) is 0 Å². The molecule has 3 aromatic rings. The Morgan fingerprint density at radius 2 is 1.55 bits per heavy atom. The molecule has 0 aliphatic heterocycles. The number of ether oxygens (including phenoxy) is 1. The van der Waals surface area contributed by atoms with E-state index in [0.717, 1.165) is 60.1 Å². The number of hydrogen-bond acceptors (Lipinski definition) is 4. The van der Waals surface area contributed by atoms with E-state index in [1.807, 2.05) is 36.4 Å². The molecule has 0 aromatic heterocycles. The summed E-state index contributed by atoms with van der Waals surface area (Å²) < 4.78 is 5.92. The second-order valence-electron chi connectivity index (χ2n) is 7.48. The van der Waals surface area contributed by atoms with Gasteiger partial charge in [0.1, 0.15) is 23.9 Å². The minimum atomic E-state index is 0.229. The summed E-state index contributed by atoms with van der Waals surface area (Å²) in [6, 6.07) is 16.8. The second kappa shape index (κ2) is 10.2.